The molecule has 80 valence electrons. The molecule has 0 aliphatic rings. The van der Waals surface area contributed by atoms with Crippen molar-refractivity contribution in [1.29, 1.82) is 0 Å². The molecule has 0 aliphatic carbocycles. The maximum absolute atomic E-state index is 11.1. The fraction of sp³-hybridized carbons (Fsp3) is 0.545. The maximum Gasteiger partial charge on any atom is 0.178 e. The molecule has 2 unspecified atom stereocenters. The lowest BCUT2D eigenvalue weighted by molar-refractivity contribution is -0.110. The van der Waals surface area contributed by atoms with Crippen molar-refractivity contribution in [2.75, 3.05) is 0 Å². The van der Waals surface area contributed by atoms with Crippen LogP contribution in [-0.2, 0) is 4.79 Å². The van der Waals surface area contributed by atoms with Crippen molar-refractivity contribution in [2.24, 2.45) is 0 Å². The smallest absolute Gasteiger partial charge is 0.178 e. The van der Waals surface area contributed by atoms with E-state index in [2.05, 4.69) is 0 Å². The highest BCUT2D eigenvalue weighted by Gasteiger charge is 1.93. The highest BCUT2D eigenvalue weighted by molar-refractivity contribution is 5.99. The first-order valence-electron chi connectivity index (χ1n) is 4.75. The predicted molar refractivity (Wildman–Crippen MR) is 55.9 cm³/mol. The molecule has 0 fully saturated rings. The molecule has 0 saturated heterocycles. The Morgan fingerprint density at radius 2 is 1.43 bits per heavy atom. The fourth-order valence-electron chi connectivity index (χ4n) is 0.818. The zero-order chi connectivity index (χ0) is 11.0. The second-order valence-electron chi connectivity index (χ2n) is 3.38. The summed E-state index contributed by atoms with van der Waals surface area (Å²) < 4.78 is 0. The molecular formula is C11H18O3. The average Bonchev–Trinajstić information content (AvgIpc) is 2.02. The van der Waals surface area contributed by atoms with Gasteiger partial charge in [0.05, 0.1) is 12.2 Å². The molecule has 0 amide bonds. The minimum Gasteiger partial charge on any atom is -0.393 e. The van der Waals surface area contributed by atoms with Gasteiger partial charge in [-0.2, -0.15) is 0 Å². The summed E-state index contributed by atoms with van der Waals surface area (Å²) in [6, 6.07) is 0. The molecule has 0 bridgehead atoms. The fourth-order valence-corrected chi connectivity index (χ4v) is 0.818. The largest absolute Gasteiger partial charge is 0.393 e. The quantitative estimate of drug-likeness (QED) is 0.631. The third-order valence-corrected chi connectivity index (χ3v) is 1.52. The summed E-state index contributed by atoms with van der Waals surface area (Å²) in [6.07, 6.45) is 6.25. The number of hydrogen-bond acceptors (Lipinski definition) is 3. The van der Waals surface area contributed by atoms with Gasteiger partial charge >= 0.3 is 0 Å². The molecule has 0 rings (SSSR count). The van der Waals surface area contributed by atoms with Crippen LogP contribution in [0, 0.1) is 0 Å². The lowest BCUT2D eigenvalue weighted by Crippen LogP contribution is -1.97. The van der Waals surface area contributed by atoms with Crippen LogP contribution in [0.5, 0.6) is 0 Å². The summed E-state index contributed by atoms with van der Waals surface area (Å²) in [4.78, 5) is 11.1. The van der Waals surface area contributed by atoms with Gasteiger partial charge in [-0.3, -0.25) is 4.79 Å². The summed E-state index contributed by atoms with van der Waals surface area (Å²) in [5.74, 6) is -0.119. The Kier molecular flexibility index (Phi) is 6.98. The van der Waals surface area contributed by atoms with E-state index >= 15 is 0 Å². The number of carbonyl (C=O) groups is 1. The first-order valence-corrected chi connectivity index (χ1v) is 4.75. The zero-order valence-electron chi connectivity index (χ0n) is 8.68. The van der Waals surface area contributed by atoms with Crippen LogP contribution in [0.15, 0.2) is 24.3 Å². The van der Waals surface area contributed by atoms with E-state index in [-0.39, 0.29) is 5.78 Å². The van der Waals surface area contributed by atoms with Gasteiger partial charge in [0, 0.05) is 0 Å². The minimum absolute atomic E-state index is 0.119. The second-order valence-corrected chi connectivity index (χ2v) is 3.38. The first-order chi connectivity index (χ1) is 6.52. The van der Waals surface area contributed by atoms with Crippen molar-refractivity contribution in [2.45, 2.75) is 38.9 Å². The molecule has 0 aromatic rings. The molecule has 0 aromatic carbocycles. The van der Waals surface area contributed by atoms with E-state index in [0.717, 1.165) is 0 Å². The molecule has 0 aromatic heterocycles. The third-order valence-electron chi connectivity index (χ3n) is 1.52. The van der Waals surface area contributed by atoms with Gasteiger partial charge in [-0.1, -0.05) is 12.2 Å². The normalized spacial score (nSPS) is 16.3. The predicted octanol–water partition coefficient (Wildman–Crippen LogP) is 1.21. The Bertz CT molecular complexity index is 193. The van der Waals surface area contributed by atoms with Crippen LogP contribution >= 0.6 is 0 Å². The van der Waals surface area contributed by atoms with E-state index in [4.69, 9.17) is 10.2 Å². The molecule has 0 spiro atoms. The average molecular weight is 198 g/mol. The van der Waals surface area contributed by atoms with Crippen LogP contribution in [0.4, 0.5) is 0 Å². The number of ketones is 1. The van der Waals surface area contributed by atoms with Crippen molar-refractivity contribution >= 4 is 5.78 Å². The number of rotatable bonds is 6. The number of aliphatic hydroxyl groups excluding tert-OH is 2. The number of aliphatic hydroxyl groups is 2. The van der Waals surface area contributed by atoms with Gasteiger partial charge in [-0.05, 0) is 38.8 Å². The summed E-state index contributed by atoms with van der Waals surface area (Å²) >= 11 is 0. The van der Waals surface area contributed by atoms with E-state index in [9.17, 15) is 4.79 Å². The van der Waals surface area contributed by atoms with Crippen LogP contribution in [0.3, 0.4) is 0 Å². The van der Waals surface area contributed by atoms with E-state index in [0.29, 0.717) is 12.8 Å². The van der Waals surface area contributed by atoms with Gasteiger partial charge in [0.15, 0.2) is 5.78 Å². The van der Waals surface area contributed by atoms with Gasteiger partial charge in [-0.25, -0.2) is 0 Å². The number of carbonyl (C=O) groups excluding carboxylic acids is 1. The molecule has 14 heavy (non-hydrogen) atoms. The van der Waals surface area contributed by atoms with E-state index in [1.54, 1.807) is 26.0 Å². The van der Waals surface area contributed by atoms with E-state index in [1.807, 2.05) is 0 Å². The number of allylic oxidation sites excluding steroid dienone is 2. The Hall–Kier alpha value is -0.930. The summed E-state index contributed by atoms with van der Waals surface area (Å²) in [5.41, 5.74) is 0. The first kappa shape index (κ1) is 13.1. The van der Waals surface area contributed by atoms with Gasteiger partial charge < -0.3 is 10.2 Å². The van der Waals surface area contributed by atoms with Crippen molar-refractivity contribution in [3.05, 3.63) is 24.3 Å². The van der Waals surface area contributed by atoms with E-state index < -0.39 is 12.2 Å². The molecule has 3 heteroatoms. The van der Waals surface area contributed by atoms with Crippen molar-refractivity contribution in [1.82, 2.24) is 0 Å². The molecule has 2 N–H and O–H groups in total. The molecule has 2 atom stereocenters. The Balaban J connectivity index is 3.75. The van der Waals surface area contributed by atoms with Crippen LogP contribution in [0.2, 0.25) is 0 Å². The molecular weight excluding hydrogens is 180 g/mol. The second kappa shape index (κ2) is 7.47. The summed E-state index contributed by atoms with van der Waals surface area (Å²) in [5, 5.41) is 17.8. The van der Waals surface area contributed by atoms with Crippen LogP contribution in [0.25, 0.3) is 0 Å². The summed E-state index contributed by atoms with van der Waals surface area (Å²) in [6.45, 7) is 3.33. The van der Waals surface area contributed by atoms with Crippen LogP contribution in [-0.4, -0.2) is 28.2 Å². The highest BCUT2D eigenvalue weighted by atomic mass is 16.3. The third kappa shape index (κ3) is 9.16. The van der Waals surface area contributed by atoms with Crippen LogP contribution in [0.1, 0.15) is 26.7 Å². The van der Waals surface area contributed by atoms with Gasteiger partial charge in [-0.15, -0.1) is 0 Å². The number of hydrogen-bond donors (Lipinski definition) is 2. The van der Waals surface area contributed by atoms with E-state index in [1.165, 1.54) is 12.2 Å². The van der Waals surface area contributed by atoms with Crippen molar-refractivity contribution in [3.63, 3.8) is 0 Å². The SMILES string of the molecule is CC(O)C/C=C/C(=O)/C=C/CC(C)O. The Morgan fingerprint density at radius 1 is 1.07 bits per heavy atom. The van der Waals surface area contributed by atoms with Gasteiger partial charge in [0.25, 0.3) is 0 Å². The molecule has 0 aliphatic heterocycles. The van der Waals surface area contributed by atoms with Crippen LogP contribution < -0.4 is 0 Å². The zero-order valence-corrected chi connectivity index (χ0v) is 8.68. The van der Waals surface area contributed by atoms with Crippen molar-refractivity contribution in [3.8, 4) is 0 Å². The van der Waals surface area contributed by atoms with Gasteiger partial charge in [0.1, 0.15) is 0 Å². The topological polar surface area (TPSA) is 57.5 Å². The maximum atomic E-state index is 11.1. The molecule has 3 nitrogen and oxygen atoms in total. The van der Waals surface area contributed by atoms with Gasteiger partial charge in [0.2, 0.25) is 0 Å². The molecule has 0 saturated carbocycles. The Labute approximate surface area is 84.8 Å². The lowest BCUT2D eigenvalue weighted by atomic mass is 10.2. The standard InChI is InChI=1S/C11H18O3/c1-9(12)5-3-7-11(14)8-4-6-10(2)13/h3-4,7-10,12-13H,5-6H2,1-2H3/b7-3+,8-4+. The highest BCUT2D eigenvalue weighted by Crippen LogP contribution is 1.94. The lowest BCUT2D eigenvalue weighted by Gasteiger charge is -1.96. The summed E-state index contributed by atoms with van der Waals surface area (Å²) in [7, 11) is 0. The molecule has 0 heterocycles. The minimum atomic E-state index is -0.416. The monoisotopic (exact) mass is 198 g/mol. The van der Waals surface area contributed by atoms with Crippen molar-refractivity contribution < 1.29 is 15.0 Å². The molecule has 0 radical (unpaired) electrons. The Morgan fingerprint density at radius 3 is 1.71 bits per heavy atom.